The van der Waals surface area contributed by atoms with E-state index in [0.29, 0.717) is 45.4 Å². The summed E-state index contributed by atoms with van der Waals surface area (Å²) in [6, 6.07) is 12.2. The van der Waals surface area contributed by atoms with E-state index < -0.39 is 53.7 Å². The summed E-state index contributed by atoms with van der Waals surface area (Å²) in [5.41, 5.74) is 2.37. The maximum Gasteiger partial charge on any atom is 0.329 e. The van der Waals surface area contributed by atoms with E-state index in [1.807, 2.05) is 0 Å². The topological polar surface area (TPSA) is 136 Å². The molecule has 0 spiro atoms. The van der Waals surface area contributed by atoms with Crippen LogP contribution >= 0.6 is 0 Å². The number of rotatable bonds is 7. The quantitative estimate of drug-likeness (QED) is 0.285. The van der Waals surface area contributed by atoms with Gasteiger partial charge in [0.1, 0.15) is 12.1 Å². The number of ether oxygens (including phenoxy) is 7. The molecule has 3 aromatic rings. The average Bonchev–Trinajstić information content (AvgIpc) is 3.75. The summed E-state index contributed by atoms with van der Waals surface area (Å²) >= 11 is 0. The number of esters is 2. The van der Waals surface area contributed by atoms with Crippen molar-refractivity contribution < 1.29 is 52.3 Å². The third-order valence-corrected chi connectivity index (χ3v) is 8.96. The Bertz CT molecular complexity index is 1710. The van der Waals surface area contributed by atoms with Crippen LogP contribution in [-0.2, 0) is 19.1 Å². The Hall–Kier alpha value is -5.26. The van der Waals surface area contributed by atoms with E-state index in [2.05, 4.69) is 0 Å². The largest absolute Gasteiger partial charge is 0.493 e. The number of hydrogen-bond donors (Lipinski definition) is 0. The third-order valence-electron chi connectivity index (χ3n) is 8.96. The van der Waals surface area contributed by atoms with Crippen LogP contribution < -0.4 is 23.7 Å². The van der Waals surface area contributed by atoms with Crippen LogP contribution in [0.3, 0.4) is 0 Å². The Labute approximate surface area is 257 Å². The van der Waals surface area contributed by atoms with Crippen LogP contribution in [0.5, 0.6) is 28.7 Å². The zero-order chi connectivity index (χ0) is 31.6. The van der Waals surface area contributed by atoms with Crippen molar-refractivity contribution in [2.75, 3.05) is 34.7 Å². The van der Waals surface area contributed by atoms with E-state index in [1.54, 1.807) is 48.5 Å². The van der Waals surface area contributed by atoms with Crippen molar-refractivity contribution in [1.82, 2.24) is 4.90 Å². The van der Waals surface area contributed by atoms with Gasteiger partial charge in [0.25, 0.3) is 11.8 Å². The summed E-state index contributed by atoms with van der Waals surface area (Å²) in [5, 5.41) is 0. The minimum absolute atomic E-state index is 0.00318. The molecule has 0 bridgehead atoms. The number of fused-ring (bicyclic) bond motifs is 4. The van der Waals surface area contributed by atoms with Crippen molar-refractivity contribution in [2.45, 2.75) is 25.0 Å². The maximum atomic E-state index is 13.7. The Morgan fingerprint density at radius 2 is 1.44 bits per heavy atom. The number of carbonyl (C=O) groups excluding carboxylic acids is 4. The highest BCUT2D eigenvalue weighted by Crippen LogP contribution is 2.56. The fraction of sp³-hybridized carbons (Fsp3) is 0.333. The van der Waals surface area contributed by atoms with Gasteiger partial charge < -0.3 is 33.2 Å². The molecule has 1 aliphatic carbocycles. The van der Waals surface area contributed by atoms with Gasteiger partial charge in [0.05, 0.1) is 45.0 Å². The first-order valence-electron chi connectivity index (χ1n) is 14.3. The van der Waals surface area contributed by atoms with Gasteiger partial charge in [0.15, 0.2) is 23.0 Å². The van der Waals surface area contributed by atoms with Crippen molar-refractivity contribution in [3.05, 3.63) is 76.3 Å². The molecule has 2 amide bonds. The predicted octanol–water partition coefficient (Wildman–Crippen LogP) is 3.64. The lowest BCUT2D eigenvalue weighted by atomic mass is 9.66. The first-order chi connectivity index (χ1) is 21.8. The van der Waals surface area contributed by atoms with E-state index in [1.165, 1.54) is 28.3 Å². The van der Waals surface area contributed by atoms with Gasteiger partial charge in [0.2, 0.25) is 12.5 Å². The van der Waals surface area contributed by atoms with Gasteiger partial charge in [-0.1, -0.05) is 12.1 Å². The van der Waals surface area contributed by atoms with Gasteiger partial charge in [-0.15, -0.1) is 0 Å². The molecule has 0 radical (unpaired) electrons. The Balaban J connectivity index is 1.31. The Morgan fingerprint density at radius 1 is 0.844 bits per heavy atom. The summed E-state index contributed by atoms with van der Waals surface area (Å²) in [4.78, 5) is 54.3. The molecule has 0 saturated carbocycles. The number of benzene rings is 3. The smallest absolute Gasteiger partial charge is 0.329 e. The second-order valence-electron chi connectivity index (χ2n) is 11.1. The van der Waals surface area contributed by atoms with E-state index in [9.17, 15) is 19.2 Å². The van der Waals surface area contributed by atoms with Gasteiger partial charge in [-0.05, 0) is 54.4 Å². The molecule has 3 heterocycles. The average molecular weight is 616 g/mol. The fourth-order valence-corrected chi connectivity index (χ4v) is 6.83. The summed E-state index contributed by atoms with van der Waals surface area (Å²) < 4.78 is 39.8. The van der Waals surface area contributed by atoms with Crippen molar-refractivity contribution in [3.8, 4) is 28.7 Å². The van der Waals surface area contributed by atoms with E-state index in [-0.39, 0.29) is 24.5 Å². The van der Waals surface area contributed by atoms with Crippen LogP contribution in [0.1, 0.15) is 56.4 Å². The van der Waals surface area contributed by atoms with Crippen LogP contribution in [0.15, 0.2) is 48.5 Å². The Morgan fingerprint density at radius 3 is 2.02 bits per heavy atom. The molecule has 5 atom stereocenters. The van der Waals surface area contributed by atoms with Crippen molar-refractivity contribution in [1.29, 1.82) is 0 Å². The number of amides is 2. The first kappa shape index (κ1) is 28.5. The number of carbonyl (C=O) groups is 4. The molecule has 232 valence electrons. The second kappa shape index (κ2) is 10.7. The number of methoxy groups -OCH3 is 3. The molecule has 2 unspecified atom stereocenters. The van der Waals surface area contributed by atoms with Gasteiger partial charge >= 0.3 is 11.9 Å². The number of cyclic esters (lactones) is 1. The molecule has 12 nitrogen and oxygen atoms in total. The first-order valence-corrected chi connectivity index (χ1v) is 14.3. The molecule has 1 fully saturated rings. The molecule has 3 aromatic carbocycles. The van der Waals surface area contributed by atoms with Crippen molar-refractivity contribution in [2.24, 2.45) is 11.8 Å². The SMILES string of the molecule is COc1cc(C2c3cc4c(cc3[C@H](OC(=O)C(C)N3C(=O)c5ccccc5C3=O)[C@H]3COC(=O)[C@H]23)OCO4)cc(OC)c1OC. The van der Waals surface area contributed by atoms with Crippen LogP contribution in [-0.4, -0.2) is 69.4 Å². The van der Waals surface area contributed by atoms with Crippen molar-refractivity contribution in [3.63, 3.8) is 0 Å². The van der Waals surface area contributed by atoms with Crippen LogP contribution in [0.4, 0.5) is 0 Å². The second-order valence-corrected chi connectivity index (χ2v) is 11.1. The summed E-state index contributed by atoms with van der Waals surface area (Å²) in [6.07, 6.45) is -0.964. The molecule has 7 rings (SSSR count). The van der Waals surface area contributed by atoms with Crippen LogP contribution in [0.2, 0.25) is 0 Å². The number of hydrogen-bond acceptors (Lipinski definition) is 11. The normalized spacial score (nSPS) is 23.1. The molecule has 45 heavy (non-hydrogen) atoms. The highest BCUT2D eigenvalue weighted by Gasteiger charge is 2.55. The van der Waals surface area contributed by atoms with Gasteiger partial charge in [-0.2, -0.15) is 0 Å². The lowest BCUT2D eigenvalue weighted by molar-refractivity contribution is -0.158. The predicted molar refractivity (Wildman–Crippen MR) is 154 cm³/mol. The molecule has 12 heteroatoms. The molecule has 0 N–H and O–H groups in total. The number of nitrogens with zero attached hydrogens (tertiary/aromatic N) is 1. The van der Waals surface area contributed by atoms with E-state index in [4.69, 9.17) is 33.2 Å². The fourth-order valence-electron chi connectivity index (χ4n) is 6.83. The molecule has 3 aliphatic heterocycles. The van der Waals surface area contributed by atoms with Gasteiger partial charge in [0, 0.05) is 17.4 Å². The molecule has 1 saturated heterocycles. The summed E-state index contributed by atoms with van der Waals surface area (Å²) in [5.74, 6) is -2.24. The monoisotopic (exact) mass is 615 g/mol. The summed E-state index contributed by atoms with van der Waals surface area (Å²) in [7, 11) is 4.51. The number of imide groups is 1. The minimum atomic E-state index is -1.24. The molecular weight excluding hydrogens is 586 g/mol. The van der Waals surface area contributed by atoms with Crippen LogP contribution in [0.25, 0.3) is 0 Å². The third kappa shape index (κ3) is 4.26. The lowest BCUT2D eigenvalue weighted by Crippen LogP contribution is -2.45. The van der Waals surface area contributed by atoms with E-state index in [0.717, 1.165) is 4.90 Å². The van der Waals surface area contributed by atoms with Gasteiger partial charge in [-0.3, -0.25) is 19.3 Å². The molecule has 0 aromatic heterocycles. The molecule has 4 aliphatic rings. The highest BCUT2D eigenvalue weighted by atomic mass is 16.7. The van der Waals surface area contributed by atoms with E-state index >= 15 is 0 Å². The molecular formula is C33H29NO11. The maximum absolute atomic E-state index is 13.7. The standard InChI is InChI=1S/C33H29NO11/c1-15(34-30(35)17-7-5-6-8-18(17)31(34)36)32(37)45-28-20-12-23-22(43-14-44-23)11-19(20)26(27-21(28)13-42-33(27)38)16-9-24(39-2)29(41-4)25(10-16)40-3/h5-12,15,21,26-28H,13-14H2,1-4H3/t15?,21-,26?,27-,28-/m0/s1. The van der Waals surface area contributed by atoms with Crippen molar-refractivity contribution >= 4 is 23.8 Å². The lowest BCUT2D eigenvalue weighted by Gasteiger charge is -2.39. The van der Waals surface area contributed by atoms with Crippen LogP contribution in [0, 0.1) is 11.8 Å². The zero-order valence-electron chi connectivity index (χ0n) is 24.9. The highest BCUT2D eigenvalue weighted by molar-refractivity contribution is 6.22. The zero-order valence-corrected chi connectivity index (χ0v) is 24.9. The minimum Gasteiger partial charge on any atom is -0.493 e. The Kier molecular flexibility index (Phi) is 6.79. The van der Waals surface area contributed by atoms with Gasteiger partial charge in [-0.25, -0.2) is 4.79 Å². The summed E-state index contributed by atoms with van der Waals surface area (Å²) in [6.45, 7) is 1.43.